The Labute approximate surface area is 98.7 Å². The van der Waals surface area contributed by atoms with Crippen molar-refractivity contribution in [3.63, 3.8) is 0 Å². The van der Waals surface area contributed by atoms with Crippen molar-refractivity contribution < 1.29 is 8.42 Å². The summed E-state index contributed by atoms with van der Waals surface area (Å²) in [7, 11) is -2.90. The second kappa shape index (κ2) is 5.05. The summed E-state index contributed by atoms with van der Waals surface area (Å²) < 4.78 is 24.0. The van der Waals surface area contributed by atoms with Crippen LogP contribution in [-0.4, -0.2) is 25.5 Å². The van der Waals surface area contributed by atoms with E-state index < -0.39 is 9.84 Å². The maximum absolute atomic E-state index is 12.0. The highest BCUT2D eigenvalue weighted by Crippen LogP contribution is 2.32. The van der Waals surface area contributed by atoms with Gasteiger partial charge < -0.3 is 5.73 Å². The van der Waals surface area contributed by atoms with Crippen LogP contribution in [0.1, 0.15) is 51.4 Å². The Morgan fingerprint density at radius 2 is 1.56 bits per heavy atom. The van der Waals surface area contributed by atoms with Gasteiger partial charge in [0.25, 0.3) is 0 Å². The van der Waals surface area contributed by atoms with Crippen LogP contribution in [0.4, 0.5) is 0 Å². The van der Waals surface area contributed by atoms with Gasteiger partial charge in [-0.3, -0.25) is 0 Å². The fraction of sp³-hybridized carbons (Fsp3) is 1.00. The summed E-state index contributed by atoms with van der Waals surface area (Å²) in [6.45, 7) is 0. The predicted molar refractivity (Wildman–Crippen MR) is 66.0 cm³/mol. The van der Waals surface area contributed by atoms with Gasteiger partial charge in [-0.2, -0.15) is 0 Å². The Morgan fingerprint density at radius 1 is 0.938 bits per heavy atom. The smallest absolute Gasteiger partial charge is 0.154 e. The SMILES string of the molecule is NC(C1CCCCC1)C1CCCCS1(=O)=O. The van der Waals surface area contributed by atoms with Gasteiger partial charge in [0.1, 0.15) is 0 Å². The molecule has 2 unspecified atom stereocenters. The topological polar surface area (TPSA) is 60.2 Å². The molecule has 2 atom stereocenters. The van der Waals surface area contributed by atoms with Gasteiger partial charge in [0, 0.05) is 6.04 Å². The maximum Gasteiger partial charge on any atom is 0.154 e. The third-order valence-electron chi connectivity index (χ3n) is 4.25. The number of hydrogen-bond donors (Lipinski definition) is 1. The molecule has 0 aromatic heterocycles. The molecule has 2 aliphatic rings. The fourth-order valence-corrected chi connectivity index (χ4v) is 5.37. The zero-order valence-electron chi connectivity index (χ0n) is 9.90. The molecule has 1 saturated heterocycles. The highest BCUT2D eigenvalue weighted by molar-refractivity contribution is 7.92. The maximum atomic E-state index is 12.0. The summed E-state index contributed by atoms with van der Waals surface area (Å²) in [6.07, 6.45) is 8.66. The van der Waals surface area contributed by atoms with E-state index >= 15 is 0 Å². The molecule has 0 amide bonds. The molecule has 0 bridgehead atoms. The van der Waals surface area contributed by atoms with Gasteiger partial charge in [0.2, 0.25) is 0 Å². The summed E-state index contributed by atoms with van der Waals surface area (Å²) in [4.78, 5) is 0. The summed E-state index contributed by atoms with van der Waals surface area (Å²) in [6, 6.07) is -0.106. The minimum atomic E-state index is -2.90. The average molecular weight is 245 g/mol. The molecule has 94 valence electrons. The molecule has 16 heavy (non-hydrogen) atoms. The highest BCUT2D eigenvalue weighted by atomic mass is 32.2. The molecule has 1 aliphatic heterocycles. The van der Waals surface area contributed by atoms with Crippen LogP contribution < -0.4 is 5.73 Å². The molecule has 1 heterocycles. The van der Waals surface area contributed by atoms with Crippen molar-refractivity contribution in [2.45, 2.75) is 62.7 Å². The Bertz CT molecular complexity index is 320. The first-order valence-electron chi connectivity index (χ1n) is 6.58. The predicted octanol–water partition coefficient (Wildman–Crippen LogP) is 1.86. The zero-order chi connectivity index (χ0) is 11.6. The van der Waals surface area contributed by atoms with E-state index in [2.05, 4.69) is 0 Å². The average Bonchev–Trinajstić information content (AvgIpc) is 2.29. The lowest BCUT2D eigenvalue weighted by molar-refractivity contribution is 0.288. The van der Waals surface area contributed by atoms with Gasteiger partial charge >= 0.3 is 0 Å². The summed E-state index contributed by atoms with van der Waals surface area (Å²) in [5.74, 6) is 0.810. The summed E-state index contributed by atoms with van der Waals surface area (Å²) in [5.41, 5.74) is 6.22. The molecule has 4 heteroatoms. The van der Waals surface area contributed by atoms with Gasteiger partial charge in [0.05, 0.1) is 11.0 Å². The Morgan fingerprint density at radius 3 is 2.19 bits per heavy atom. The number of nitrogens with two attached hydrogens (primary N) is 1. The van der Waals surface area contributed by atoms with Crippen molar-refractivity contribution in [1.29, 1.82) is 0 Å². The number of rotatable bonds is 2. The minimum Gasteiger partial charge on any atom is -0.326 e. The molecule has 2 N–H and O–H groups in total. The highest BCUT2D eigenvalue weighted by Gasteiger charge is 2.37. The molecule has 3 nitrogen and oxygen atoms in total. The number of hydrogen-bond acceptors (Lipinski definition) is 3. The molecular formula is C12H23NO2S. The van der Waals surface area contributed by atoms with Crippen molar-refractivity contribution in [2.24, 2.45) is 11.7 Å². The molecule has 0 radical (unpaired) electrons. The lowest BCUT2D eigenvalue weighted by Crippen LogP contribution is -2.48. The van der Waals surface area contributed by atoms with Crippen LogP contribution in [-0.2, 0) is 9.84 Å². The monoisotopic (exact) mass is 245 g/mol. The summed E-state index contributed by atoms with van der Waals surface area (Å²) >= 11 is 0. The zero-order valence-corrected chi connectivity index (χ0v) is 10.7. The molecule has 2 fully saturated rings. The van der Waals surface area contributed by atoms with Crippen LogP contribution in [0, 0.1) is 5.92 Å². The summed E-state index contributed by atoms with van der Waals surface area (Å²) in [5, 5.41) is -0.246. The second-order valence-corrected chi connectivity index (χ2v) is 7.72. The normalized spacial score (nSPS) is 33.4. The van der Waals surface area contributed by atoms with Crippen LogP contribution in [0.3, 0.4) is 0 Å². The van der Waals surface area contributed by atoms with E-state index in [4.69, 9.17) is 5.73 Å². The van der Waals surface area contributed by atoms with E-state index in [1.807, 2.05) is 0 Å². The largest absolute Gasteiger partial charge is 0.326 e. The quantitative estimate of drug-likeness (QED) is 0.808. The Balaban J connectivity index is 2.04. The van der Waals surface area contributed by atoms with E-state index in [9.17, 15) is 8.42 Å². The van der Waals surface area contributed by atoms with E-state index in [1.54, 1.807) is 0 Å². The van der Waals surface area contributed by atoms with Crippen LogP contribution in [0.25, 0.3) is 0 Å². The van der Waals surface area contributed by atoms with Crippen molar-refractivity contribution in [3.8, 4) is 0 Å². The molecule has 1 saturated carbocycles. The Kier molecular flexibility index (Phi) is 3.90. The Hall–Kier alpha value is -0.0900. The molecule has 1 aliphatic carbocycles. The molecule has 0 spiro atoms. The third-order valence-corrected chi connectivity index (χ3v) is 6.58. The van der Waals surface area contributed by atoms with E-state index in [1.165, 1.54) is 19.3 Å². The fourth-order valence-electron chi connectivity index (χ4n) is 3.23. The standard InChI is InChI=1S/C12H23NO2S/c13-12(10-6-2-1-3-7-10)11-8-4-5-9-16(11,14)15/h10-12H,1-9,13H2. The lowest BCUT2D eigenvalue weighted by Gasteiger charge is -2.34. The van der Waals surface area contributed by atoms with Gasteiger partial charge in [-0.1, -0.05) is 25.7 Å². The third kappa shape index (κ3) is 2.59. The van der Waals surface area contributed by atoms with Crippen LogP contribution in [0.5, 0.6) is 0 Å². The second-order valence-electron chi connectivity index (χ2n) is 5.38. The van der Waals surface area contributed by atoms with Crippen molar-refractivity contribution in [3.05, 3.63) is 0 Å². The number of sulfone groups is 1. The first-order chi connectivity index (χ1) is 7.61. The van der Waals surface area contributed by atoms with Gasteiger partial charge in [-0.05, 0) is 31.6 Å². The van der Waals surface area contributed by atoms with Crippen molar-refractivity contribution in [1.82, 2.24) is 0 Å². The van der Waals surface area contributed by atoms with Gasteiger partial charge in [-0.25, -0.2) is 8.42 Å². The molecule has 0 aromatic rings. The van der Waals surface area contributed by atoms with E-state index in [0.29, 0.717) is 11.7 Å². The van der Waals surface area contributed by atoms with E-state index in [0.717, 1.165) is 32.1 Å². The van der Waals surface area contributed by atoms with Crippen LogP contribution in [0.2, 0.25) is 0 Å². The van der Waals surface area contributed by atoms with Crippen molar-refractivity contribution in [2.75, 3.05) is 5.75 Å². The molecule has 2 rings (SSSR count). The minimum absolute atomic E-state index is 0.106. The first-order valence-corrected chi connectivity index (χ1v) is 8.30. The van der Waals surface area contributed by atoms with Gasteiger partial charge in [0.15, 0.2) is 9.84 Å². The van der Waals surface area contributed by atoms with Crippen LogP contribution in [0.15, 0.2) is 0 Å². The first kappa shape index (κ1) is 12.4. The molecule has 0 aromatic carbocycles. The van der Waals surface area contributed by atoms with Crippen LogP contribution >= 0.6 is 0 Å². The molecular weight excluding hydrogens is 222 g/mol. The van der Waals surface area contributed by atoms with E-state index in [-0.39, 0.29) is 11.3 Å². The lowest BCUT2D eigenvalue weighted by atomic mass is 9.82. The van der Waals surface area contributed by atoms with Gasteiger partial charge in [-0.15, -0.1) is 0 Å². The van der Waals surface area contributed by atoms with Crippen molar-refractivity contribution >= 4 is 9.84 Å².